The quantitative estimate of drug-likeness (QED) is 0.360. The molecule has 1 aliphatic rings. The largest absolute Gasteiger partial charge is 0.462 e. The third kappa shape index (κ3) is 3.33. The molecule has 118 valence electrons. The number of aryl methyl sites for hydroxylation is 2. The second-order valence-electron chi connectivity index (χ2n) is 4.67. The third-order valence-corrected chi connectivity index (χ3v) is 5.93. The highest BCUT2D eigenvalue weighted by molar-refractivity contribution is 8.24. The van der Waals surface area contributed by atoms with Crippen molar-refractivity contribution in [3.05, 3.63) is 33.1 Å². The molecule has 1 aliphatic heterocycles. The minimum absolute atomic E-state index is 0.00583. The van der Waals surface area contributed by atoms with E-state index in [2.05, 4.69) is 0 Å². The van der Waals surface area contributed by atoms with Crippen LogP contribution in [0.2, 0.25) is 0 Å². The van der Waals surface area contributed by atoms with E-state index in [1.54, 1.807) is 13.8 Å². The second-order valence-corrected chi connectivity index (χ2v) is 6.96. The van der Waals surface area contributed by atoms with Crippen LogP contribution >= 0.6 is 23.5 Å². The van der Waals surface area contributed by atoms with Crippen LogP contribution in [0.3, 0.4) is 0 Å². The summed E-state index contributed by atoms with van der Waals surface area (Å²) in [4.78, 5) is 26.5. The van der Waals surface area contributed by atoms with Crippen LogP contribution in [0.15, 0.2) is 31.7 Å². The minimum Gasteiger partial charge on any atom is -0.462 e. The molecule has 0 aliphatic carbocycles. The van der Waals surface area contributed by atoms with Gasteiger partial charge in [-0.25, -0.2) is 9.59 Å². The number of rotatable bonds is 4. The lowest BCUT2D eigenvalue weighted by molar-refractivity contribution is -0.146. The Kier molecular flexibility index (Phi) is 5.58. The summed E-state index contributed by atoms with van der Waals surface area (Å²) in [6.45, 7) is 7.89. The summed E-state index contributed by atoms with van der Waals surface area (Å²) in [6.07, 6.45) is 0. The normalized spacial score (nSPS) is 12.8. The molecule has 0 fully saturated rings. The van der Waals surface area contributed by atoms with Gasteiger partial charge in [0.25, 0.3) is 0 Å². The molecular weight excluding hydrogens is 320 g/mol. The molecule has 0 aromatic heterocycles. The number of fused-ring (bicyclic) bond motifs is 1. The number of benzene rings is 1. The maximum atomic E-state index is 12.2. The molecule has 0 bridgehead atoms. The Labute approximate surface area is 138 Å². The average Bonchev–Trinajstić information content (AvgIpc) is 2.90. The van der Waals surface area contributed by atoms with Crippen molar-refractivity contribution in [3.63, 3.8) is 0 Å². The average molecular weight is 338 g/mol. The molecule has 6 heteroatoms. The van der Waals surface area contributed by atoms with E-state index in [9.17, 15) is 9.59 Å². The van der Waals surface area contributed by atoms with Crippen molar-refractivity contribution in [1.29, 1.82) is 0 Å². The van der Waals surface area contributed by atoms with E-state index < -0.39 is 11.9 Å². The van der Waals surface area contributed by atoms with Crippen molar-refractivity contribution in [1.82, 2.24) is 0 Å². The zero-order valence-corrected chi connectivity index (χ0v) is 14.7. The molecule has 4 nitrogen and oxygen atoms in total. The van der Waals surface area contributed by atoms with E-state index in [1.807, 2.05) is 26.0 Å². The van der Waals surface area contributed by atoms with E-state index in [0.717, 1.165) is 20.9 Å². The molecule has 2 rings (SSSR count). The summed E-state index contributed by atoms with van der Waals surface area (Å²) in [5.74, 6) is -1.25. The monoisotopic (exact) mass is 338 g/mol. The topological polar surface area (TPSA) is 52.6 Å². The van der Waals surface area contributed by atoms with E-state index in [4.69, 9.17) is 9.47 Å². The maximum absolute atomic E-state index is 12.2. The van der Waals surface area contributed by atoms with Gasteiger partial charge in [-0.1, -0.05) is 35.7 Å². The van der Waals surface area contributed by atoms with Gasteiger partial charge < -0.3 is 9.47 Å². The predicted octanol–water partition coefficient (Wildman–Crippen LogP) is 3.84. The van der Waals surface area contributed by atoms with E-state index >= 15 is 0 Å². The Morgan fingerprint density at radius 1 is 0.909 bits per heavy atom. The van der Waals surface area contributed by atoms with Crippen molar-refractivity contribution in [2.75, 3.05) is 13.2 Å². The zero-order valence-electron chi connectivity index (χ0n) is 13.0. The van der Waals surface area contributed by atoms with Crippen LogP contribution in [0.25, 0.3) is 0 Å². The van der Waals surface area contributed by atoms with Gasteiger partial charge in [-0.05, 0) is 38.8 Å². The molecule has 0 spiro atoms. The van der Waals surface area contributed by atoms with Crippen molar-refractivity contribution < 1.29 is 19.1 Å². The molecular formula is C16H18O4S2. The number of carbonyl (C=O) groups excluding carboxylic acids is 2. The Morgan fingerprint density at radius 2 is 1.32 bits per heavy atom. The van der Waals surface area contributed by atoms with Gasteiger partial charge in [0.1, 0.15) is 0 Å². The smallest absolute Gasteiger partial charge is 0.347 e. The molecule has 1 aromatic carbocycles. The first-order chi connectivity index (χ1) is 10.5. The number of carbonyl (C=O) groups is 2. The highest BCUT2D eigenvalue weighted by Gasteiger charge is 2.32. The Balaban J connectivity index is 2.45. The van der Waals surface area contributed by atoms with Gasteiger partial charge in [-0.2, -0.15) is 0 Å². The molecule has 0 atom stereocenters. The van der Waals surface area contributed by atoms with Crippen LogP contribution in [0.4, 0.5) is 0 Å². The summed E-state index contributed by atoms with van der Waals surface area (Å²) >= 11 is 2.87. The van der Waals surface area contributed by atoms with Crippen molar-refractivity contribution in [2.24, 2.45) is 0 Å². The third-order valence-electron chi connectivity index (χ3n) is 3.06. The van der Waals surface area contributed by atoms with E-state index in [0.29, 0.717) is 4.24 Å². The number of hydrogen-bond acceptors (Lipinski definition) is 6. The Morgan fingerprint density at radius 3 is 1.68 bits per heavy atom. The lowest BCUT2D eigenvalue weighted by atomic mass is 10.2. The first kappa shape index (κ1) is 17.0. The van der Waals surface area contributed by atoms with Crippen LogP contribution < -0.4 is 0 Å². The summed E-state index contributed by atoms with van der Waals surface area (Å²) in [6, 6.07) is 4.08. The summed E-state index contributed by atoms with van der Waals surface area (Å²) in [5, 5.41) is 0. The number of esters is 2. The molecule has 0 unspecified atom stereocenters. The fraction of sp³-hybridized carbons (Fsp3) is 0.375. The second kappa shape index (κ2) is 7.24. The van der Waals surface area contributed by atoms with E-state index in [1.165, 1.54) is 23.5 Å². The van der Waals surface area contributed by atoms with Crippen LogP contribution in [-0.2, 0) is 19.1 Å². The fourth-order valence-corrected chi connectivity index (χ4v) is 4.77. The summed E-state index contributed by atoms with van der Waals surface area (Å²) in [5.41, 5.74) is 2.24. The molecule has 0 amide bonds. The van der Waals surface area contributed by atoms with Crippen LogP contribution in [0.1, 0.15) is 25.0 Å². The molecule has 0 N–H and O–H groups in total. The van der Waals surface area contributed by atoms with Gasteiger partial charge in [0.05, 0.1) is 17.5 Å². The zero-order chi connectivity index (χ0) is 16.3. The van der Waals surface area contributed by atoms with Gasteiger partial charge >= 0.3 is 11.9 Å². The summed E-state index contributed by atoms with van der Waals surface area (Å²) in [7, 11) is 0. The van der Waals surface area contributed by atoms with Gasteiger partial charge in [0, 0.05) is 9.79 Å². The van der Waals surface area contributed by atoms with E-state index in [-0.39, 0.29) is 18.8 Å². The Hall–Kier alpha value is -1.40. The molecule has 0 saturated carbocycles. The lowest BCUT2D eigenvalue weighted by Crippen LogP contribution is -2.19. The van der Waals surface area contributed by atoms with Gasteiger partial charge in [-0.3, -0.25) is 0 Å². The standard InChI is InChI=1S/C16H18O4S2/c1-5-19-14(17)11(15(18)20-6-2)16-21-12-9(3)7-8-10(4)13(12)22-16/h7-8H,5-6H2,1-4H3. The van der Waals surface area contributed by atoms with Gasteiger partial charge in [-0.15, -0.1) is 0 Å². The van der Waals surface area contributed by atoms with Crippen molar-refractivity contribution in [3.8, 4) is 0 Å². The number of thioether (sulfide) groups is 2. The predicted molar refractivity (Wildman–Crippen MR) is 87.9 cm³/mol. The molecule has 22 heavy (non-hydrogen) atoms. The van der Waals surface area contributed by atoms with Crippen LogP contribution in [0, 0.1) is 13.8 Å². The Bertz CT molecular complexity index is 597. The maximum Gasteiger partial charge on any atom is 0.347 e. The van der Waals surface area contributed by atoms with Crippen LogP contribution in [-0.4, -0.2) is 25.2 Å². The number of ether oxygens (including phenoxy) is 2. The lowest BCUT2D eigenvalue weighted by Gasteiger charge is -2.08. The minimum atomic E-state index is -0.626. The molecule has 0 saturated heterocycles. The highest BCUT2D eigenvalue weighted by atomic mass is 32.2. The van der Waals surface area contributed by atoms with Crippen molar-refractivity contribution in [2.45, 2.75) is 37.5 Å². The molecule has 0 radical (unpaired) electrons. The summed E-state index contributed by atoms with van der Waals surface area (Å²) < 4.78 is 10.7. The SMILES string of the molecule is CCOC(=O)C(C(=O)OCC)=C1Sc2c(C)ccc(C)c2S1. The molecule has 1 heterocycles. The highest BCUT2D eigenvalue weighted by Crippen LogP contribution is 2.54. The van der Waals surface area contributed by atoms with Gasteiger partial charge in [0.2, 0.25) is 0 Å². The van der Waals surface area contributed by atoms with Gasteiger partial charge in [0.15, 0.2) is 5.57 Å². The molecule has 1 aromatic rings. The first-order valence-corrected chi connectivity index (χ1v) is 8.67. The first-order valence-electron chi connectivity index (χ1n) is 7.04. The van der Waals surface area contributed by atoms with Crippen LogP contribution in [0.5, 0.6) is 0 Å². The van der Waals surface area contributed by atoms with Crippen molar-refractivity contribution >= 4 is 35.5 Å². The number of hydrogen-bond donors (Lipinski definition) is 0. The fourth-order valence-electron chi connectivity index (χ4n) is 1.98.